The fraction of sp³-hybridized carbons (Fsp3) is 0.533. The van der Waals surface area contributed by atoms with Gasteiger partial charge in [0.25, 0.3) is 17.4 Å². The Morgan fingerprint density at radius 2 is 1.62 bits per heavy atom. The number of alkyl halides is 3. The van der Waals surface area contributed by atoms with Gasteiger partial charge < -0.3 is 20.2 Å². The van der Waals surface area contributed by atoms with Gasteiger partial charge in [-0.15, -0.1) is 0 Å². The quantitative estimate of drug-likeness (QED) is 0.451. The molecule has 2 aromatic carbocycles. The minimum Gasteiger partial charge on any atom is -0.371 e. The Morgan fingerprint density at radius 1 is 1.00 bits per heavy atom. The molecule has 0 aliphatic carbocycles. The van der Waals surface area contributed by atoms with Crippen molar-refractivity contribution in [3.8, 4) is 0 Å². The number of carbonyl (C=O) groups excluding carboxylic acids is 2. The van der Waals surface area contributed by atoms with Gasteiger partial charge in [0.05, 0.1) is 10.6 Å². The maximum atomic E-state index is 14.1. The zero-order valence-corrected chi connectivity index (χ0v) is 23.7. The SMILES string of the molecule is CCc1cccc(C(O)(C(=O)N2CCC(CC3CCN(c4ccc(C(=O)NC)c(Cl)c4)CC3)CC2)C(F)(F)F)c1. The van der Waals surface area contributed by atoms with Crippen molar-refractivity contribution in [2.24, 2.45) is 11.8 Å². The molecule has 0 saturated carbocycles. The van der Waals surface area contributed by atoms with E-state index in [1.807, 2.05) is 19.1 Å². The molecule has 2 aliphatic rings. The molecule has 10 heteroatoms. The Kier molecular flexibility index (Phi) is 9.35. The molecule has 40 heavy (non-hydrogen) atoms. The van der Waals surface area contributed by atoms with Crippen LogP contribution in [0.25, 0.3) is 0 Å². The first-order valence-corrected chi connectivity index (χ1v) is 14.3. The third-order valence-corrected chi connectivity index (χ3v) is 8.76. The molecule has 2 amide bonds. The second-order valence-corrected chi connectivity index (χ2v) is 11.3. The van der Waals surface area contributed by atoms with Gasteiger partial charge in [0, 0.05) is 44.5 Å². The molecule has 0 bridgehead atoms. The summed E-state index contributed by atoms with van der Waals surface area (Å²) in [7, 11) is 1.56. The van der Waals surface area contributed by atoms with Crippen molar-refractivity contribution in [1.29, 1.82) is 0 Å². The highest BCUT2D eigenvalue weighted by atomic mass is 35.5. The molecular weight excluding hydrogens is 543 g/mol. The van der Waals surface area contributed by atoms with Crippen LogP contribution in [0.1, 0.15) is 60.5 Å². The van der Waals surface area contributed by atoms with Crippen LogP contribution >= 0.6 is 11.6 Å². The predicted octanol–water partition coefficient (Wildman–Crippen LogP) is 5.56. The molecule has 2 aliphatic heterocycles. The van der Waals surface area contributed by atoms with Gasteiger partial charge in [0.2, 0.25) is 0 Å². The van der Waals surface area contributed by atoms with Crippen LogP contribution in [0.15, 0.2) is 42.5 Å². The summed E-state index contributed by atoms with van der Waals surface area (Å²) in [6, 6.07) is 11.0. The second kappa shape index (κ2) is 12.4. The number of piperidine rings is 2. The van der Waals surface area contributed by atoms with Gasteiger partial charge >= 0.3 is 6.18 Å². The van der Waals surface area contributed by atoms with E-state index in [-0.39, 0.29) is 19.0 Å². The lowest BCUT2D eigenvalue weighted by molar-refractivity contribution is -0.262. The van der Waals surface area contributed by atoms with Gasteiger partial charge in [-0.1, -0.05) is 42.8 Å². The Hall–Kier alpha value is -2.78. The summed E-state index contributed by atoms with van der Waals surface area (Å²) < 4.78 is 42.4. The summed E-state index contributed by atoms with van der Waals surface area (Å²) in [6.07, 6.45) is -0.470. The fourth-order valence-electron chi connectivity index (χ4n) is 5.94. The van der Waals surface area contributed by atoms with Crippen LogP contribution in [0.5, 0.6) is 0 Å². The predicted molar refractivity (Wildman–Crippen MR) is 149 cm³/mol. The standard InChI is InChI=1S/C30H37ClF3N3O3/c1-3-20-5-4-6-23(18-20)29(40,30(32,33)34)28(39)37-15-11-22(12-16-37)17-21-9-13-36(14-10-21)24-7-8-25(26(31)19-24)27(38)35-2/h4-8,18-19,21-22,40H,3,9-17H2,1-2H3,(H,35,38). The van der Waals surface area contributed by atoms with Gasteiger partial charge in [-0.05, 0) is 74.1 Å². The third-order valence-electron chi connectivity index (χ3n) is 8.45. The van der Waals surface area contributed by atoms with E-state index in [2.05, 4.69) is 10.2 Å². The molecule has 6 nitrogen and oxygen atoms in total. The average molecular weight is 580 g/mol. The van der Waals surface area contributed by atoms with E-state index in [9.17, 15) is 27.9 Å². The number of nitrogens with zero attached hydrogens (tertiary/aromatic N) is 2. The molecule has 2 aromatic rings. The van der Waals surface area contributed by atoms with Crippen LogP contribution in [0.4, 0.5) is 18.9 Å². The van der Waals surface area contributed by atoms with E-state index < -0.39 is 23.2 Å². The number of hydrogen-bond donors (Lipinski definition) is 2. The number of halogens is 4. The largest absolute Gasteiger partial charge is 0.430 e. The Labute approximate surface area is 238 Å². The highest BCUT2D eigenvalue weighted by Gasteiger charge is 2.62. The monoisotopic (exact) mass is 579 g/mol. The molecule has 2 fully saturated rings. The highest BCUT2D eigenvalue weighted by Crippen LogP contribution is 2.42. The lowest BCUT2D eigenvalue weighted by atomic mass is 9.82. The number of benzene rings is 2. The molecule has 0 aromatic heterocycles. The van der Waals surface area contributed by atoms with Crippen molar-refractivity contribution in [3.63, 3.8) is 0 Å². The van der Waals surface area contributed by atoms with E-state index in [0.717, 1.165) is 38.0 Å². The highest BCUT2D eigenvalue weighted by molar-refractivity contribution is 6.34. The fourth-order valence-corrected chi connectivity index (χ4v) is 6.20. The second-order valence-electron chi connectivity index (χ2n) is 10.9. The summed E-state index contributed by atoms with van der Waals surface area (Å²) in [5.74, 6) is -0.699. The lowest BCUT2D eigenvalue weighted by Crippen LogP contribution is -2.57. The minimum absolute atomic E-state index is 0.199. The van der Waals surface area contributed by atoms with Crippen molar-refractivity contribution < 1.29 is 27.9 Å². The average Bonchev–Trinajstić information content (AvgIpc) is 2.96. The summed E-state index contributed by atoms with van der Waals surface area (Å²) in [6.45, 7) is 3.92. The number of aryl methyl sites for hydroxylation is 1. The van der Waals surface area contributed by atoms with Crippen LogP contribution in [0.3, 0.4) is 0 Å². The van der Waals surface area contributed by atoms with Crippen molar-refractivity contribution in [1.82, 2.24) is 10.2 Å². The lowest BCUT2D eigenvalue weighted by Gasteiger charge is -2.40. The van der Waals surface area contributed by atoms with Gasteiger partial charge in [0.1, 0.15) is 0 Å². The molecule has 2 heterocycles. The van der Waals surface area contributed by atoms with Crippen molar-refractivity contribution in [2.45, 2.75) is 57.2 Å². The van der Waals surface area contributed by atoms with Gasteiger partial charge in [-0.3, -0.25) is 9.59 Å². The van der Waals surface area contributed by atoms with Gasteiger partial charge in [-0.25, -0.2) is 0 Å². The van der Waals surface area contributed by atoms with E-state index in [4.69, 9.17) is 11.6 Å². The normalized spacial score (nSPS) is 18.9. The summed E-state index contributed by atoms with van der Waals surface area (Å²) in [5, 5.41) is 13.8. The zero-order chi connectivity index (χ0) is 29.1. The van der Waals surface area contributed by atoms with Crippen LogP contribution in [-0.2, 0) is 16.8 Å². The Morgan fingerprint density at radius 3 is 2.17 bits per heavy atom. The number of likely N-dealkylation sites (tertiary alicyclic amines) is 1. The summed E-state index contributed by atoms with van der Waals surface area (Å²) >= 11 is 6.32. The molecule has 1 unspecified atom stereocenters. The number of amides is 2. The Balaban J connectivity index is 1.31. The maximum Gasteiger partial charge on any atom is 0.430 e. The van der Waals surface area contributed by atoms with Crippen molar-refractivity contribution in [2.75, 3.05) is 38.1 Å². The minimum atomic E-state index is -5.13. The molecule has 218 valence electrons. The Bertz CT molecular complexity index is 1210. The van der Waals surface area contributed by atoms with Crippen LogP contribution < -0.4 is 10.2 Å². The number of anilines is 1. The first kappa shape index (κ1) is 30.2. The van der Waals surface area contributed by atoms with Crippen molar-refractivity contribution in [3.05, 3.63) is 64.2 Å². The molecule has 0 spiro atoms. The third kappa shape index (κ3) is 6.25. The van der Waals surface area contributed by atoms with Crippen molar-refractivity contribution >= 4 is 29.1 Å². The van der Waals surface area contributed by atoms with E-state index >= 15 is 0 Å². The van der Waals surface area contributed by atoms with E-state index in [1.54, 1.807) is 19.2 Å². The molecule has 2 N–H and O–H groups in total. The summed E-state index contributed by atoms with van der Waals surface area (Å²) in [5.41, 5.74) is -1.94. The van der Waals surface area contributed by atoms with E-state index in [1.165, 1.54) is 23.1 Å². The van der Waals surface area contributed by atoms with Gasteiger partial charge in [-0.2, -0.15) is 13.2 Å². The molecule has 0 radical (unpaired) electrons. The molecule has 4 rings (SSSR count). The number of rotatable bonds is 7. The number of aliphatic hydroxyl groups is 1. The molecule has 2 saturated heterocycles. The van der Waals surface area contributed by atoms with Crippen LogP contribution in [0, 0.1) is 11.8 Å². The van der Waals surface area contributed by atoms with Crippen LogP contribution in [0.2, 0.25) is 5.02 Å². The number of hydrogen-bond acceptors (Lipinski definition) is 4. The summed E-state index contributed by atoms with van der Waals surface area (Å²) in [4.78, 5) is 28.5. The maximum absolute atomic E-state index is 14.1. The number of nitrogens with one attached hydrogen (secondary N) is 1. The smallest absolute Gasteiger partial charge is 0.371 e. The zero-order valence-electron chi connectivity index (χ0n) is 22.9. The molecular formula is C30H37ClF3N3O3. The van der Waals surface area contributed by atoms with E-state index in [0.29, 0.717) is 47.2 Å². The topological polar surface area (TPSA) is 72.9 Å². The first-order valence-electron chi connectivity index (χ1n) is 13.9. The number of carbonyl (C=O) groups is 2. The first-order chi connectivity index (χ1) is 19.0. The molecule has 1 atom stereocenters. The van der Waals surface area contributed by atoms with Crippen LogP contribution in [-0.4, -0.2) is 61.2 Å². The van der Waals surface area contributed by atoms with Gasteiger partial charge in [0.15, 0.2) is 0 Å².